The van der Waals surface area contributed by atoms with Crippen molar-refractivity contribution in [2.75, 3.05) is 0 Å². The van der Waals surface area contributed by atoms with Crippen molar-refractivity contribution in [1.29, 1.82) is 0 Å². The second kappa shape index (κ2) is 11.3. The first-order valence-electron chi connectivity index (χ1n) is 7.99. The SMILES string of the molecule is CC(C)CCCCC(O)=CC(O)CCCCC(C)C. The summed E-state index contributed by atoms with van der Waals surface area (Å²) in [5, 5.41) is 19.5. The standard InChI is InChI=1S/C17H34O2/c1-14(2)9-5-7-11-16(18)13-17(19)12-8-6-10-15(3)4/h13-16,18-19H,5-12H2,1-4H3. The van der Waals surface area contributed by atoms with Crippen LogP contribution in [0.25, 0.3) is 0 Å². The highest BCUT2D eigenvalue weighted by molar-refractivity contribution is 4.95. The number of hydrogen-bond donors (Lipinski definition) is 2. The molecule has 0 rings (SSSR count). The van der Waals surface area contributed by atoms with Gasteiger partial charge in [0.15, 0.2) is 0 Å². The van der Waals surface area contributed by atoms with Crippen LogP contribution < -0.4 is 0 Å². The van der Waals surface area contributed by atoms with E-state index in [2.05, 4.69) is 27.7 Å². The summed E-state index contributed by atoms with van der Waals surface area (Å²) in [4.78, 5) is 0. The van der Waals surface area contributed by atoms with Crippen molar-refractivity contribution in [3.63, 3.8) is 0 Å². The van der Waals surface area contributed by atoms with Crippen molar-refractivity contribution < 1.29 is 10.2 Å². The maximum absolute atomic E-state index is 9.79. The van der Waals surface area contributed by atoms with E-state index in [-0.39, 0.29) is 0 Å². The largest absolute Gasteiger partial charge is 0.513 e. The zero-order chi connectivity index (χ0) is 14.7. The summed E-state index contributed by atoms with van der Waals surface area (Å²) < 4.78 is 0. The van der Waals surface area contributed by atoms with Gasteiger partial charge in [-0.25, -0.2) is 0 Å². The van der Waals surface area contributed by atoms with Crippen LogP contribution in [-0.2, 0) is 0 Å². The summed E-state index contributed by atoms with van der Waals surface area (Å²) in [7, 11) is 0. The fourth-order valence-electron chi connectivity index (χ4n) is 2.15. The molecule has 19 heavy (non-hydrogen) atoms. The Morgan fingerprint density at radius 2 is 1.32 bits per heavy atom. The second-order valence-corrected chi connectivity index (χ2v) is 6.54. The Morgan fingerprint density at radius 1 is 0.842 bits per heavy atom. The van der Waals surface area contributed by atoms with Crippen molar-refractivity contribution in [3.8, 4) is 0 Å². The minimum absolute atomic E-state index is 0.361. The topological polar surface area (TPSA) is 40.5 Å². The van der Waals surface area contributed by atoms with Crippen LogP contribution >= 0.6 is 0 Å². The highest BCUT2D eigenvalue weighted by atomic mass is 16.3. The molecular weight excluding hydrogens is 236 g/mol. The molecule has 0 saturated heterocycles. The molecule has 0 aromatic rings. The maximum Gasteiger partial charge on any atom is 0.0908 e. The molecule has 0 saturated carbocycles. The number of rotatable bonds is 11. The Balaban J connectivity index is 3.63. The van der Waals surface area contributed by atoms with Gasteiger partial charge in [0.25, 0.3) is 0 Å². The molecule has 0 aliphatic heterocycles. The molecule has 0 radical (unpaired) electrons. The van der Waals surface area contributed by atoms with Gasteiger partial charge in [0.1, 0.15) is 0 Å². The Morgan fingerprint density at radius 3 is 1.84 bits per heavy atom. The summed E-state index contributed by atoms with van der Waals surface area (Å²) >= 11 is 0. The lowest BCUT2D eigenvalue weighted by atomic mass is 10.0. The van der Waals surface area contributed by atoms with Gasteiger partial charge in [0.2, 0.25) is 0 Å². The smallest absolute Gasteiger partial charge is 0.0908 e. The van der Waals surface area contributed by atoms with Gasteiger partial charge < -0.3 is 10.2 Å². The van der Waals surface area contributed by atoms with Crippen molar-refractivity contribution in [1.82, 2.24) is 0 Å². The van der Waals surface area contributed by atoms with Crippen LogP contribution in [-0.4, -0.2) is 16.3 Å². The third-order valence-electron chi connectivity index (χ3n) is 3.38. The van der Waals surface area contributed by atoms with Crippen molar-refractivity contribution in [2.24, 2.45) is 11.8 Å². The van der Waals surface area contributed by atoms with E-state index in [9.17, 15) is 10.2 Å². The third kappa shape index (κ3) is 13.7. The Hall–Kier alpha value is -0.500. The van der Waals surface area contributed by atoms with Gasteiger partial charge in [0.05, 0.1) is 11.9 Å². The Bertz CT molecular complexity index is 231. The lowest BCUT2D eigenvalue weighted by Gasteiger charge is -2.09. The van der Waals surface area contributed by atoms with Crippen LogP contribution in [0.15, 0.2) is 11.8 Å². The van der Waals surface area contributed by atoms with Gasteiger partial charge in [-0.2, -0.15) is 0 Å². The van der Waals surface area contributed by atoms with Gasteiger partial charge in [-0.05, 0) is 30.8 Å². The molecule has 1 atom stereocenters. The number of hydrogen-bond acceptors (Lipinski definition) is 2. The average Bonchev–Trinajstić information content (AvgIpc) is 2.30. The van der Waals surface area contributed by atoms with E-state index in [0.717, 1.165) is 43.9 Å². The third-order valence-corrected chi connectivity index (χ3v) is 3.38. The Labute approximate surface area is 119 Å². The van der Waals surface area contributed by atoms with E-state index in [1.165, 1.54) is 12.8 Å². The van der Waals surface area contributed by atoms with Crippen LogP contribution in [0.3, 0.4) is 0 Å². The fourth-order valence-corrected chi connectivity index (χ4v) is 2.15. The summed E-state index contributed by atoms with van der Waals surface area (Å²) in [5.74, 6) is 1.83. The summed E-state index contributed by atoms with van der Waals surface area (Å²) in [6, 6.07) is 0. The van der Waals surface area contributed by atoms with Crippen molar-refractivity contribution in [2.45, 2.75) is 85.2 Å². The first-order valence-corrected chi connectivity index (χ1v) is 7.99. The summed E-state index contributed by atoms with van der Waals surface area (Å²) in [6.07, 6.45) is 9.43. The highest BCUT2D eigenvalue weighted by Gasteiger charge is 2.04. The van der Waals surface area contributed by atoms with Crippen LogP contribution in [0.2, 0.25) is 0 Å². The molecule has 0 bridgehead atoms. The molecule has 2 nitrogen and oxygen atoms in total. The molecular formula is C17H34O2. The predicted octanol–water partition coefficient (Wildman–Crippen LogP) is 5.22. The number of allylic oxidation sites excluding steroid dienone is 1. The fraction of sp³-hybridized carbons (Fsp3) is 0.882. The van der Waals surface area contributed by atoms with Crippen LogP contribution in [0.1, 0.15) is 79.1 Å². The number of aliphatic hydroxyl groups excluding tert-OH is 2. The second-order valence-electron chi connectivity index (χ2n) is 6.54. The van der Waals surface area contributed by atoms with Crippen molar-refractivity contribution >= 4 is 0 Å². The quantitative estimate of drug-likeness (QED) is 0.399. The van der Waals surface area contributed by atoms with Gasteiger partial charge in [-0.15, -0.1) is 0 Å². The Kier molecular flexibility index (Phi) is 11.0. The molecule has 0 aliphatic carbocycles. The average molecular weight is 270 g/mol. The number of aliphatic hydroxyl groups is 2. The minimum Gasteiger partial charge on any atom is -0.513 e. The molecule has 0 amide bonds. The lowest BCUT2D eigenvalue weighted by molar-refractivity contribution is 0.200. The molecule has 2 heteroatoms. The van der Waals surface area contributed by atoms with Crippen LogP contribution in [0.5, 0.6) is 0 Å². The molecule has 0 aromatic heterocycles. The van der Waals surface area contributed by atoms with Crippen LogP contribution in [0, 0.1) is 11.8 Å². The van der Waals surface area contributed by atoms with E-state index in [4.69, 9.17) is 0 Å². The van der Waals surface area contributed by atoms with E-state index in [1.54, 1.807) is 6.08 Å². The predicted molar refractivity (Wildman–Crippen MR) is 83.3 cm³/mol. The van der Waals surface area contributed by atoms with Gasteiger partial charge >= 0.3 is 0 Å². The normalized spacial score (nSPS) is 14.4. The van der Waals surface area contributed by atoms with Gasteiger partial charge in [0, 0.05) is 6.42 Å². The number of unbranched alkanes of at least 4 members (excludes halogenated alkanes) is 2. The zero-order valence-electron chi connectivity index (χ0n) is 13.4. The zero-order valence-corrected chi connectivity index (χ0v) is 13.4. The van der Waals surface area contributed by atoms with E-state index in [1.807, 2.05) is 0 Å². The lowest BCUT2D eigenvalue weighted by Crippen LogP contribution is -2.04. The summed E-state index contributed by atoms with van der Waals surface area (Å²) in [6.45, 7) is 8.88. The monoisotopic (exact) mass is 270 g/mol. The van der Waals surface area contributed by atoms with Gasteiger partial charge in [-0.3, -0.25) is 0 Å². The highest BCUT2D eigenvalue weighted by Crippen LogP contribution is 2.14. The maximum atomic E-state index is 9.79. The molecule has 0 aromatic carbocycles. The van der Waals surface area contributed by atoms with E-state index < -0.39 is 6.10 Å². The summed E-state index contributed by atoms with van der Waals surface area (Å²) in [5.41, 5.74) is 0. The van der Waals surface area contributed by atoms with E-state index >= 15 is 0 Å². The molecule has 0 fully saturated rings. The van der Waals surface area contributed by atoms with E-state index in [0.29, 0.717) is 12.2 Å². The minimum atomic E-state index is -0.475. The van der Waals surface area contributed by atoms with Gasteiger partial charge in [-0.1, -0.05) is 59.8 Å². The van der Waals surface area contributed by atoms with Crippen LogP contribution in [0.4, 0.5) is 0 Å². The first kappa shape index (κ1) is 18.5. The molecule has 0 aliphatic rings. The van der Waals surface area contributed by atoms with Crippen molar-refractivity contribution in [3.05, 3.63) is 11.8 Å². The molecule has 1 unspecified atom stereocenters. The first-order chi connectivity index (χ1) is 8.91. The molecule has 0 heterocycles. The molecule has 2 N–H and O–H groups in total. The molecule has 114 valence electrons. The molecule has 0 spiro atoms.